The molecule has 10 rings (SSSR count). The Balaban J connectivity index is 1.05. The molecule has 95 heavy (non-hydrogen) atoms. The molecule has 5 nitrogen and oxygen atoms in total. The summed E-state index contributed by atoms with van der Waals surface area (Å²) in [4.78, 5) is 51.1. The Hall–Kier alpha value is -4.87. The third-order valence-corrected chi connectivity index (χ3v) is 28.4. The molecule has 0 aliphatic carbocycles. The van der Waals surface area contributed by atoms with Crippen molar-refractivity contribution >= 4 is 132 Å². The lowest BCUT2D eigenvalue weighted by atomic mass is 9.95. The van der Waals surface area contributed by atoms with Gasteiger partial charge in [0.05, 0.1) is 0 Å². The molecule has 0 atom stereocenters. The number of nitrogens with zero attached hydrogens (tertiary/aromatic N) is 2. The number of rotatable bonds is 40. The third kappa shape index (κ3) is 19.3. The van der Waals surface area contributed by atoms with Crippen LogP contribution in [0.15, 0.2) is 131 Å². The molecule has 14 heteroatoms. The number of hydrogen-bond acceptors (Lipinski definition) is 12. The molecule has 0 aromatic carbocycles. The molecule has 504 valence electrons. The highest BCUT2D eigenvalue weighted by atomic mass is 32.1. The molecule has 2 amide bonds. The SMILES string of the molecule is CCCCCCCCc1c(/C=C/C2=CC(=C3C(=O)N(CC)C(=S)N(CC)C3=O)C=C(/C=C/c3sc(-c4ccc(-c5ccc(-c6cccs6)s5)s4)c(CCCCCCCC)c3CCCCCCCC)O2)sc(-c2ccc(-c3ccc(-c4cccs4)s3)s2)c1CCCCCCCC. The molecule has 0 unspecified atom stereocenters. The van der Waals surface area contributed by atoms with E-state index in [1.54, 1.807) is 32.5 Å². The largest absolute Gasteiger partial charge is 0.457 e. The Bertz CT molecular complexity index is 3650. The maximum Gasteiger partial charge on any atom is 0.266 e. The number of ether oxygens (including phenoxy) is 1. The van der Waals surface area contributed by atoms with E-state index in [9.17, 15) is 9.59 Å². The fourth-order valence-electron chi connectivity index (χ4n) is 13.0. The minimum absolute atomic E-state index is 0.123. The third-order valence-electron chi connectivity index (χ3n) is 18.2. The van der Waals surface area contributed by atoms with Crippen molar-refractivity contribution in [1.29, 1.82) is 0 Å². The quantitative estimate of drug-likeness (QED) is 0.0166. The number of amides is 2. The van der Waals surface area contributed by atoms with Gasteiger partial charge in [0.2, 0.25) is 0 Å². The normalized spacial score (nSPS) is 13.9. The van der Waals surface area contributed by atoms with Gasteiger partial charge in [-0.2, -0.15) is 0 Å². The van der Waals surface area contributed by atoms with Crippen LogP contribution in [0, 0.1) is 0 Å². The second-order valence-corrected chi connectivity index (χ2v) is 34.0. The molecule has 0 radical (unpaired) electrons. The summed E-state index contributed by atoms with van der Waals surface area (Å²) in [5.74, 6) is 0.456. The molecule has 0 spiro atoms. The minimum Gasteiger partial charge on any atom is -0.457 e. The van der Waals surface area contributed by atoms with Crippen LogP contribution >= 0.6 is 103 Å². The van der Waals surface area contributed by atoms with Gasteiger partial charge in [0.25, 0.3) is 11.8 Å². The van der Waals surface area contributed by atoms with Gasteiger partial charge in [-0.05, 0) is 208 Å². The van der Waals surface area contributed by atoms with Gasteiger partial charge in [0.15, 0.2) is 5.11 Å². The molecule has 8 aromatic heterocycles. The molecule has 2 aliphatic heterocycles. The summed E-state index contributed by atoms with van der Waals surface area (Å²) in [7, 11) is 0. The Kier molecular flexibility index (Phi) is 29.1. The van der Waals surface area contributed by atoms with Crippen LogP contribution < -0.4 is 0 Å². The highest BCUT2D eigenvalue weighted by Gasteiger charge is 2.40. The molecule has 8 aromatic rings. The first-order valence-electron chi connectivity index (χ1n) is 35.8. The summed E-state index contributed by atoms with van der Waals surface area (Å²) in [6, 6.07) is 27.3. The standard InChI is InChI=1S/C81H98N2O3S9/c1-7-13-17-21-25-29-35-60-62(37-31-27-23-19-15-9-3)77(74-51-49-72(92-74)70-47-45-68(90-70)66-39-33-53-88-66)94-64(60)43-41-58-55-57(76-79(84)82(11-5)81(87)83(12-6)80(76)85)56-59(86-58)42-44-65-61(36-30-26-22-18-14-8-2)63(38-32-28-24-20-16-10-4)78(95-65)75-52-50-73(93-75)71-48-46-69(91-71)67-40-34-54-89-67/h33-34,39-56H,7-32,35-38H2,1-6H3/b43-41+,44-42+. The first kappa shape index (κ1) is 72.9. The molecule has 0 N–H and O–H groups in total. The fourth-order valence-corrected chi connectivity index (χ4v) is 22.2. The number of allylic oxidation sites excluding steroid dienone is 5. The van der Waals surface area contributed by atoms with Crippen LogP contribution in [-0.2, 0) is 40.0 Å². The number of thiocarbonyl (C=S) groups is 1. The van der Waals surface area contributed by atoms with E-state index >= 15 is 0 Å². The zero-order valence-electron chi connectivity index (χ0n) is 57.1. The van der Waals surface area contributed by atoms with Gasteiger partial charge in [-0.25, -0.2) is 0 Å². The predicted molar refractivity (Wildman–Crippen MR) is 427 cm³/mol. The van der Waals surface area contributed by atoms with E-state index in [2.05, 4.69) is 136 Å². The summed E-state index contributed by atoms with van der Waals surface area (Å²) in [5.41, 5.74) is 6.60. The number of thiophene rings is 8. The van der Waals surface area contributed by atoms with E-state index in [1.165, 1.54) is 232 Å². The second kappa shape index (κ2) is 37.9. The van der Waals surface area contributed by atoms with Gasteiger partial charge >= 0.3 is 0 Å². The van der Waals surface area contributed by atoms with E-state index in [-0.39, 0.29) is 22.5 Å². The van der Waals surface area contributed by atoms with E-state index in [0.717, 1.165) is 38.5 Å². The second-order valence-electron chi connectivity index (χ2n) is 25.3. The smallest absolute Gasteiger partial charge is 0.266 e. The Morgan fingerprint density at radius 1 is 0.368 bits per heavy atom. The lowest BCUT2D eigenvalue weighted by molar-refractivity contribution is -0.133. The molecule has 0 bridgehead atoms. The van der Waals surface area contributed by atoms with Crippen molar-refractivity contribution in [3.8, 4) is 58.5 Å². The Labute approximate surface area is 606 Å². The monoisotopic (exact) mass is 1430 g/mol. The van der Waals surface area contributed by atoms with Crippen LogP contribution in [0.4, 0.5) is 0 Å². The Morgan fingerprint density at radius 2 is 0.684 bits per heavy atom. The number of hydrogen-bond donors (Lipinski definition) is 0. The zero-order valence-corrected chi connectivity index (χ0v) is 64.4. The number of unbranched alkanes of at least 4 members (excludes halogenated alkanes) is 20. The van der Waals surface area contributed by atoms with Crippen molar-refractivity contribution in [3.05, 3.63) is 163 Å². The summed E-state index contributed by atoms with van der Waals surface area (Å²) in [6.45, 7) is 13.8. The predicted octanol–water partition coefficient (Wildman–Crippen LogP) is 27.6. The van der Waals surface area contributed by atoms with Crippen molar-refractivity contribution in [2.24, 2.45) is 0 Å². The number of likely N-dealkylation sites (N-methyl/N-ethyl adjacent to an activating group) is 2. The van der Waals surface area contributed by atoms with Crippen molar-refractivity contribution in [1.82, 2.24) is 9.80 Å². The van der Waals surface area contributed by atoms with Crippen molar-refractivity contribution in [3.63, 3.8) is 0 Å². The summed E-state index contributed by atoms with van der Waals surface area (Å²) in [6.07, 6.45) is 46.7. The molecule has 0 saturated carbocycles. The maximum absolute atomic E-state index is 14.7. The van der Waals surface area contributed by atoms with Gasteiger partial charge < -0.3 is 4.74 Å². The van der Waals surface area contributed by atoms with Crippen LogP contribution in [0.1, 0.15) is 228 Å². The van der Waals surface area contributed by atoms with Gasteiger partial charge in [-0.1, -0.05) is 168 Å². The molecular formula is C81H98N2O3S9. The maximum atomic E-state index is 14.7. The fraction of sp³-hybridized carbons (Fsp3) is 0.444. The average molecular weight is 1440 g/mol. The highest BCUT2D eigenvalue weighted by molar-refractivity contribution is 7.80. The molecule has 1 fully saturated rings. The minimum atomic E-state index is -0.364. The van der Waals surface area contributed by atoms with Gasteiger partial charge in [0.1, 0.15) is 17.1 Å². The topological polar surface area (TPSA) is 49.9 Å². The van der Waals surface area contributed by atoms with Crippen LogP contribution in [0.3, 0.4) is 0 Å². The molecule has 1 saturated heterocycles. The van der Waals surface area contributed by atoms with Crippen LogP contribution in [0.2, 0.25) is 0 Å². The van der Waals surface area contributed by atoms with E-state index in [4.69, 9.17) is 17.0 Å². The van der Waals surface area contributed by atoms with E-state index < -0.39 is 0 Å². The first-order chi connectivity index (χ1) is 46.6. The Morgan fingerprint density at radius 3 is 1.02 bits per heavy atom. The average Bonchev–Trinajstić information content (AvgIpc) is 1.48. The van der Waals surface area contributed by atoms with Gasteiger partial charge in [0, 0.05) is 86.9 Å². The van der Waals surface area contributed by atoms with Gasteiger partial charge in [-0.15, -0.1) is 90.7 Å². The van der Waals surface area contributed by atoms with E-state index in [0.29, 0.717) is 30.2 Å². The molecular weight excluding hydrogens is 1340 g/mol. The van der Waals surface area contributed by atoms with Crippen LogP contribution in [0.5, 0.6) is 0 Å². The summed E-state index contributed by atoms with van der Waals surface area (Å²) in [5, 5.41) is 4.59. The van der Waals surface area contributed by atoms with Crippen molar-refractivity contribution in [2.75, 3.05) is 13.1 Å². The molecule has 2 aliphatic rings. The van der Waals surface area contributed by atoms with Crippen LogP contribution in [0.25, 0.3) is 70.7 Å². The van der Waals surface area contributed by atoms with Crippen LogP contribution in [-0.4, -0.2) is 39.8 Å². The zero-order chi connectivity index (χ0) is 66.3. The first-order valence-corrected chi connectivity index (χ1v) is 42.9. The summed E-state index contributed by atoms with van der Waals surface area (Å²) >= 11 is 20.9. The lowest BCUT2D eigenvalue weighted by Crippen LogP contribution is -2.56. The van der Waals surface area contributed by atoms with E-state index in [1.807, 2.05) is 94.0 Å². The van der Waals surface area contributed by atoms with Gasteiger partial charge in [-0.3, -0.25) is 19.4 Å². The number of carbonyl (C=O) groups excluding carboxylic acids is 2. The van der Waals surface area contributed by atoms with Crippen molar-refractivity contribution in [2.45, 2.75) is 221 Å². The van der Waals surface area contributed by atoms with Crippen molar-refractivity contribution < 1.29 is 14.3 Å². The highest BCUT2D eigenvalue weighted by Crippen LogP contribution is 2.49. The number of carbonyl (C=O) groups is 2. The summed E-state index contributed by atoms with van der Waals surface area (Å²) < 4.78 is 7.09. The lowest BCUT2D eigenvalue weighted by Gasteiger charge is -2.36. The molecule has 10 heterocycles.